The first-order chi connectivity index (χ1) is 10.3. The average Bonchev–Trinajstić information content (AvgIpc) is 3.00. The fourth-order valence-electron chi connectivity index (χ4n) is 1.86. The zero-order chi connectivity index (χ0) is 14.9. The van der Waals surface area contributed by atoms with E-state index in [-0.39, 0.29) is 6.03 Å². The molecule has 0 bridgehead atoms. The zero-order valence-electron chi connectivity index (χ0n) is 12.1. The lowest BCUT2D eigenvalue weighted by Gasteiger charge is -2.08. The predicted octanol–water partition coefficient (Wildman–Crippen LogP) is 1.38. The largest absolute Gasteiger partial charge is 0.383 e. The number of ether oxygens (including phenoxy) is 1. The molecule has 0 radical (unpaired) electrons. The van der Waals surface area contributed by atoms with Gasteiger partial charge in [-0.3, -0.25) is 4.68 Å². The van der Waals surface area contributed by atoms with Crippen molar-refractivity contribution < 1.29 is 9.53 Å². The molecule has 0 aliphatic carbocycles. The van der Waals surface area contributed by atoms with Crippen LogP contribution in [0.15, 0.2) is 42.7 Å². The smallest absolute Gasteiger partial charge is 0.315 e. The Kier molecular flexibility index (Phi) is 5.78. The number of aromatic nitrogens is 2. The van der Waals surface area contributed by atoms with E-state index in [0.29, 0.717) is 19.7 Å². The highest BCUT2D eigenvalue weighted by Crippen LogP contribution is 2.06. The molecule has 6 heteroatoms. The van der Waals surface area contributed by atoms with Crippen LogP contribution in [0.4, 0.5) is 4.79 Å². The number of hydrogen-bond donors (Lipinski definition) is 2. The summed E-state index contributed by atoms with van der Waals surface area (Å²) in [5.74, 6) is 0. The first-order valence-electron chi connectivity index (χ1n) is 6.84. The van der Waals surface area contributed by atoms with Gasteiger partial charge in [-0.05, 0) is 17.2 Å². The fraction of sp³-hybridized carbons (Fsp3) is 0.333. The Hall–Kier alpha value is -2.34. The molecule has 21 heavy (non-hydrogen) atoms. The van der Waals surface area contributed by atoms with Gasteiger partial charge in [0.05, 0.1) is 13.2 Å². The molecule has 0 aliphatic heterocycles. The maximum absolute atomic E-state index is 11.5. The summed E-state index contributed by atoms with van der Waals surface area (Å²) >= 11 is 0. The molecule has 6 nitrogen and oxygen atoms in total. The van der Waals surface area contributed by atoms with Crippen molar-refractivity contribution in [1.82, 2.24) is 20.4 Å². The Labute approximate surface area is 124 Å². The quantitative estimate of drug-likeness (QED) is 0.756. The molecule has 1 aromatic carbocycles. The summed E-state index contributed by atoms with van der Waals surface area (Å²) in [5, 5.41) is 9.68. The predicted molar refractivity (Wildman–Crippen MR) is 79.9 cm³/mol. The molecule has 2 N–H and O–H groups in total. The topological polar surface area (TPSA) is 68.2 Å². The molecule has 1 aromatic heterocycles. The van der Waals surface area contributed by atoms with Crippen molar-refractivity contribution in [3.05, 3.63) is 53.9 Å². The molecule has 2 aromatic rings. The van der Waals surface area contributed by atoms with Crippen LogP contribution in [0.1, 0.15) is 11.1 Å². The van der Waals surface area contributed by atoms with E-state index < -0.39 is 0 Å². The molecular formula is C15H20N4O2. The lowest BCUT2D eigenvalue weighted by Crippen LogP contribution is -2.36. The average molecular weight is 288 g/mol. The van der Waals surface area contributed by atoms with Crippen LogP contribution in [0.3, 0.4) is 0 Å². The minimum Gasteiger partial charge on any atom is -0.383 e. The summed E-state index contributed by atoms with van der Waals surface area (Å²) < 4.78 is 6.73. The van der Waals surface area contributed by atoms with Gasteiger partial charge in [0.1, 0.15) is 0 Å². The monoisotopic (exact) mass is 288 g/mol. The molecule has 0 spiro atoms. The van der Waals surface area contributed by atoms with Crippen LogP contribution >= 0.6 is 0 Å². The van der Waals surface area contributed by atoms with E-state index >= 15 is 0 Å². The van der Waals surface area contributed by atoms with Gasteiger partial charge in [-0.15, -0.1) is 0 Å². The molecule has 0 aliphatic rings. The number of carbonyl (C=O) groups excluding carboxylic acids is 1. The Morgan fingerprint density at radius 3 is 2.67 bits per heavy atom. The Bertz CT molecular complexity index is 537. The van der Waals surface area contributed by atoms with Gasteiger partial charge in [0.2, 0.25) is 0 Å². The molecule has 2 rings (SSSR count). The molecule has 1 heterocycles. The summed E-state index contributed by atoms with van der Waals surface area (Å²) in [6, 6.07) is 9.82. The van der Waals surface area contributed by atoms with E-state index in [1.165, 1.54) is 5.56 Å². The number of nitrogens with one attached hydrogen (secondary N) is 2. The molecule has 0 unspecified atom stereocenters. The van der Waals surface area contributed by atoms with Crippen molar-refractivity contribution in [2.75, 3.05) is 20.3 Å². The van der Waals surface area contributed by atoms with Crippen LogP contribution in [0.5, 0.6) is 0 Å². The summed E-state index contributed by atoms with van der Waals surface area (Å²) in [6.45, 7) is 2.26. The van der Waals surface area contributed by atoms with E-state index in [2.05, 4.69) is 15.7 Å². The Balaban J connectivity index is 1.75. The Morgan fingerprint density at radius 2 is 2.00 bits per heavy atom. The van der Waals surface area contributed by atoms with Gasteiger partial charge in [-0.1, -0.05) is 24.3 Å². The van der Waals surface area contributed by atoms with E-state index in [9.17, 15) is 4.79 Å². The van der Waals surface area contributed by atoms with Crippen LogP contribution < -0.4 is 10.6 Å². The third-order valence-corrected chi connectivity index (χ3v) is 2.97. The second kappa shape index (κ2) is 8.06. The van der Waals surface area contributed by atoms with Crippen LogP contribution in [0, 0.1) is 0 Å². The van der Waals surface area contributed by atoms with Crippen LogP contribution in [-0.4, -0.2) is 36.1 Å². The maximum Gasteiger partial charge on any atom is 0.315 e. The van der Waals surface area contributed by atoms with Crippen LogP contribution in [0.2, 0.25) is 0 Å². The summed E-state index contributed by atoms with van der Waals surface area (Å²) in [4.78, 5) is 11.5. The first-order valence-corrected chi connectivity index (χ1v) is 6.84. The van der Waals surface area contributed by atoms with Crippen molar-refractivity contribution in [1.29, 1.82) is 0 Å². The summed E-state index contributed by atoms with van der Waals surface area (Å²) in [6.07, 6.45) is 3.69. The number of rotatable bonds is 7. The van der Waals surface area contributed by atoms with Crippen LogP contribution in [0.25, 0.3) is 0 Å². The summed E-state index contributed by atoms with van der Waals surface area (Å²) in [5.41, 5.74) is 2.23. The number of amides is 2. The van der Waals surface area contributed by atoms with Crippen molar-refractivity contribution in [3.8, 4) is 0 Å². The first kappa shape index (κ1) is 15.1. The van der Waals surface area contributed by atoms with Crippen molar-refractivity contribution in [3.63, 3.8) is 0 Å². The minimum atomic E-state index is -0.187. The van der Waals surface area contributed by atoms with E-state index in [0.717, 1.165) is 12.1 Å². The Morgan fingerprint density at radius 1 is 1.24 bits per heavy atom. The van der Waals surface area contributed by atoms with Gasteiger partial charge in [-0.2, -0.15) is 5.10 Å². The van der Waals surface area contributed by atoms with E-state index in [4.69, 9.17) is 4.74 Å². The highest BCUT2D eigenvalue weighted by atomic mass is 16.5. The molecular weight excluding hydrogens is 268 g/mol. The summed E-state index contributed by atoms with van der Waals surface area (Å²) in [7, 11) is 1.60. The second-order valence-corrected chi connectivity index (χ2v) is 4.62. The number of benzene rings is 1. The third kappa shape index (κ3) is 5.27. The highest BCUT2D eigenvalue weighted by molar-refractivity contribution is 5.73. The maximum atomic E-state index is 11.5. The van der Waals surface area contributed by atoms with Gasteiger partial charge < -0.3 is 15.4 Å². The second-order valence-electron chi connectivity index (χ2n) is 4.62. The normalized spacial score (nSPS) is 10.3. The van der Waals surface area contributed by atoms with E-state index in [1.807, 2.05) is 41.2 Å². The molecule has 0 saturated heterocycles. The number of nitrogens with zero attached hydrogens (tertiary/aromatic N) is 2. The van der Waals surface area contributed by atoms with Crippen molar-refractivity contribution >= 4 is 6.03 Å². The van der Waals surface area contributed by atoms with Gasteiger partial charge >= 0.3 is 6.03 Å². The van der Waals surface area contributed by atoms with Crippen LogP contribution in [-0.2, 0) is 17.8 Å². The lowest BCUT2D eigenvalue weighted by molar-refractivity contribution is 0.196. The van der Waals surface area contributed by atoms with Crippen molar-refractivity contribution in [2.45, 2.75) is 13.1 Å². The van der Waals surface area contributed by atoms with Gasteiger partial charge in [-0.25, -0.2) is 4.79 Å². The number of carbonyl (C=O) groups is 1. The third-order valence-electron chi connectivity index (χ3n) is 2.97. The zero-order valence-corrected chi connectivity index (χ0v) is 12.1. The number of urea groups is 1. The highest BCUT2D eigenvalue weighted by Gasteiger charge is 2.00. The van der Waals surface area contributed by atoms with Gasteiger partial charge in [0, 0.05) is 32.6 Å². The van der Waals surface area contributed by atoms with Gasteiger partial charge in [0.25, 0.3) is 0 Å². The molecule has 0 atom stereocenters. The molecule has 0 saturated carbocycles. The van der Waals surface area contributed by atoms with Crippen molar-refractivity contribution in [2.24, 2.45) is 0 Å². The minimum absolute atomic E-state index is 0.187. The van der Waals surface area contributed by atoms with E-state index in [1.54, 1.807) is 13.3 Å². The lowest BCUT2D eigenvalue weighted by atomic mass is 10.1. The molecule has 2 amide bonds. The molecule has 112 valence electrons. The number of methoxy groups -OCH3 is 1. The fourth-order valence-corrected chi connectivity index (χ4v) is 1.86. The molecule has 0 fully saturated rings. The van der Waals surface area contributed by atoms with Gasteiger partial charge in [0.15, 0.2) is 0 Å². The SMILES string of the molecule is COCCNC(=O)NCc1ccc(Cn2cccn2)cc1. The standard InChI is InChI=1S/C15H20N4O2/c1-21-10-8-16-15(20)17-11-13-3-5-14(6-4-13)12-19-9-2-7-18-19/h2-7,9H,8,10-12H2,1H3,(H2,16,17,20). The number of hydrogen-bond acceptors (Lipinski definition) is 3.